The highest BCUT2D eigenvalue weighted by Crippen LogP contribution is 2.13. The van der Waals surface area contributed by atoms with E-state index in [-0.39, 0.29) is 10.7 Å². The van der Waals surface area contributed by atoms with Gasteiger partial charge in [0, 0.05) is 36.4 Å². The van der Waals surface area contributed by atoms with Crippen molar-refractivity contribution in [3.05, 3.63) is 36.2 Å². The number of aromatic nitrogens is 2. The molecule has 1 unspecified atom stereocenters. The summed E-state index contributed by atoms with van der Waals surface area (Å²) in [5.74, 6) is -0.00569. The van der Waals surface area contributed by atoms with Crippen LogP contribution in [0.5, 0.6) is 0 Å². The molecule has 1 heterocycles. The smallest absolute Gasteiger partial charge is 0.253 e. The first kappa shape index (κ1) is 13.0. The van der Waals surface area contributed by atoms with Crippen LogP contribution >= 0.6 is 15.9 Å². The van der Waals surface area contributed by atoms with E-state index < -0.39 is 0 Å². The molecule has 1 aromatic heterocycles. The Morgan fingerprint density at radius 2 is 2.00 bits per heavy atom. The predicted molar refractivity (Wildman–Crippen MR) is 74.9 cm³/mol. The maximum atomic E-state index is 12.2. The monoisotopic (exact) mass is 307 g/mol. The molecule has 4 nitrogen and oxygen atoms in total. The molecule has 0 bridgehead atoms. The van der Waals surface area contributed by atoms with Gasteiger partial charge in [-0.25, -0.2) is 0 Å². The highest BCUT2D eigenvalue weighted by molar-refractivity contribution is 9.09. The van der Waals surface area contributed by atoms with Crippen LogP contribution in [0.2, 0.25) is 0 Å². The number of alkyl halides is 1. The molecular formula is C13H14BrN3O. The van der Waals surface area contributed by atoms with Gasteiger partial charge in [-0.1, -0.05) is 22.9 Å². The Kier molecular flexibility index (Phi) is 3.91. The molecule has 2 rings (SSSR count). The molecule has 5 heteroatoms. The highest BCUT2D eigenvalue weighted by Gasteiger charge is 2.13. The molecule has 2 aromatic rings. The molecule has 0 aliphatic carbocycles. The van der Waals surface area contributed by atoms with E-state index in [1.165, 1.54) is 0 Å². The van der Waals surface area contributed by atoms with E-state index in [0.29, 0.717) is 12.1 Å². The molecule has 18 heavy (non-hydrogen) atoms. The van der Waals surface area contributed by atoms with E-state index in [4.69, 9.17) is 0 Å². The minimum absolute atomic E-state index is 0.00569. The number of carbonyl (C=O) groups is 1. The number of carbonyl (C=O) groups excluding carboxylic acids is 1. The highest BCUT2D eigenvalue weighted by atomic mass is 79.9. The SMILES string of the molecule is CC(Br)CN(C)C(=O)c1ccc2nccnc2c1. The van der Waals surface area contributed by atoms with Gasteiger partial charge in [0.1, 0.15) is 0 Å². The van der Waals surface area contributed by atoms with Crippen molar-refractivity contribution in [3.63, 3.8) is 0 Å². The minimum atomic E-state index is -0.00569. The Morgan fingerprint density at radius 1 is 1.33 bits per heavy atom. The molecule has 0 aliphatic rings. The summed E-state index contributed by atoms with van der Waals surface area (Å²) in [6.07, 6.45) is 3.27. The van der Waals surface area contributed by atoms with Crippen LogP contribution in [-0.4, -0.2) is 39.2 Å². The van der Waals surface area contributed by atoms with E-state index in [1.54, 1.807) is 36.5 Å². The minimum Gasteiger partial charge on any atom is -0.341 e. The van der Waals surface area contributed by atoms with Crippen LogP contribution in [0.25, 0.3) is 11.0 Å². The molecule has 0 saturated heterocycles. The topological polar surface area (TPSA) is 46.1 Å². The largest absolute Gasteiger partial charge is 0.341 e. The lowest BCUT2D eigenvalue weighted by Gasteiger charge is -2.18. The second-order valence-electron chi connectivity index (χ2n) is 4.23. The Bertz CT molecular complexity index is 571. The summed E-state index contributed by atoms with van der Waals surface area (Å²) >= 11 is 3.44. The number of fused-ring (bicyclic) bond motifs is 1. The zero-order valence-electron chi connectivity index (χ0n) is 10.3. The molecule has 0 N–H and O–H groups in total. The van der Waals surface area contributed by atoms with Crippen molar-refractivity contribution < 1.29 is 4.79 Å². The lowest BCUT2D eigenvalue weighted by molar-refractivity contribution is 0.0797. The number of benzene rings is 1. The fourth-order valence-corrected chi connectivity index (χ4v) is 2.21. The van der Waals surface area contributed by atoms with E-state index in [1.807, 2.05) is 13.0 Å². The molecule has 0 radical (unpaired) electrons. The van der Waals surface area contributed by atoms with Crippen LogP contribution in [0.1, 0.15) is 17.3 Å². The van der Waals surface area contributed by atoms with Crippen molar-refractivity contribution in [2.45, 2.75) is 11.8 Å². The van der Waals surface area contributed by atoms with Crippen molar-refractivity contribution in [3.8, 4) is 0 Å². The van der Waals surface area contributed by atoms with Crippen molar-refractivity contribution in [2.24, 2.45) is 0 Å². The molecule has 0 fully saturated rings. The lowest BCUT2D eigenvalue weighted by atomic mass is 10.1. The average Bonchev–Trinajstić information content (AvgIpc) is 2.36. The lowest BCUT2D eigenvalue weighted by Crippen LogP contribution is -2.31. The quantitative estimate of drug-likeness (QED) is 0.818. The van der Waals surface area contributed by atoms with Crippen LogP contribution < -0.4 is 0 Å². The van der Waals surface area contributed by atoms with E-state index in [0.717, 1.165) is 11.0 Å². The fourth-order valence-electron chi connectivity index (χ4n) is 1.78. The number of amides is 1. The molecule has 0 spiro atoms. The van der Waals surface area contributed by atoms with E-state index in [9.17, 15) is 4.79 Å². The van der Waals surface area contributed by atoms with Gasteiger partial charge in [-0.3, -0.25) is 14.8 Å². The van der Waals surface area contributed by atoms with Crippen molar-refractivity contribution >= 4 is 32.9 Å². The maximum Gasteiger partial charge on any atom is 0.253 e. The summed E-state index contributed by atoms with van der Waals surface area (Å²) in [6.45, 7) is 2.67. The van der Waals surface area contributed by atoms with Gasteiger partial charge >= 0.3 is 0 Å². The van der Waals surface area contributed by atoms with Crippen molar-refractivity contribution in [1.29, 1.82) is 0 Å². The van der Waals surface area contributed by atoms with E-state index >= 15 is 0 Å². The molecule has 0 aliphatic heterocycles. The van der Waals surface area contributed by atoms with Crippen LogP contribution in [0.3, 0.4) is 0 Å². The molecule has 1 aromatic carbocycles. The summed E-state index contributed by atoms with van der Waals surface area (Å²) in [5.41, 5.74) is 2.17. The number of rotatable bonds is 3. The summed E-state index contributed by atoms with van der Waals surface area (Å²) in [5, 5.41) is 0. The second kappa shape index (κ2) is 5.44. The number of hydrogen-bond acceptors (Lipinski definition) is 3. The van der Waals surface area contributed by atoms with Gasteiger partial charge in [-0.2, -0.15) is 0 Å². The van der Waals surface area contributed by atoms with Gasteiger partial charge in [0.2, 0.25) is 0 Å². The van der Waals surface area contributed by atoms with Gasteiger partial charge in [0.05, 0.1) is 11.0 Å². The number of halogens is 1. The van der Waals surface area contributed by atoms with Crippen LogP contribution in [0, 0.1) is 0 Å². The normalized spacial score (nSPS) is 12.4. The Labute approximate surface area is 114 Å². The zero-order valence-corrected chi connectivity index (χ0v) is 11.9. The molecule has 0 saturated carbocycles. The van der Waals surface area contributed by atoms with Crippen molar-refractivity contribution in [1.82, 2.24) is 14.9 Å². The number of nitrogens with zero attached hydrogens (tertiary/aromatic N) is 3. The fraction of sp³-hybridized carbons (Fsp3) is 0.308. The first-order valence-electron chi connectivity index (χ1n) is 5.68. The molecular weight excluding hydrogens is 294 g/mol. The zero-order chi connectivity index (χ0) is 13.1. The third-order valence-electron chi connectivity index (χ3n) is 2.59. The van der Waals surface area contributed by atoms with Gasteiger partial charge < -0.3 is 4.90 Å². The average molecular weight is 308 g/mol. The number of hydrogen-bond donors (Lipinski definition) is 0. The van der Waals surface area contributed by atoms with E-state index in [2.05, 4.69) is 25.9 Å². The van der Waals surface area contributed by atoms with Gasteiger partial charge in [0.25, 0.3) is 5.91 Å². The van der Waals surface area contributed by atoms with Crippen LogP contribution in [-0.2, 0) is 0 Å². The third kappa shape index (κ3) is 2.85. The molecule has 1 atom stereocenters. The summed E-state index contributed by atoms with van der Waals surface area (Å²) in [7, 11) is 1.79. The molecule has 1 amide bonds. The van der Waals surface area contributed by atoms with Crippen LogP contribution in [0.4, 0.5) is 0 Å². The first-order chi connectivity index (χ1) is 8.58. The summed E-state index contributed by atoms with van der Waals surface area (Å²) < 4.78 is 0. The standard InChI is InChI=1S/C13H14BrN3O/c1-9(14)8-17(2)13(18)10-3-4-11-12(7-10)16-6-5-15-11/h3-7,9H,8H2,1-2H3. The second-order valence-corrected chi connectivity index (χ2v) is 5.79. The van der Waals surface area contributed by atoms with Crippen molar-refractivity contribution in [2.75, 3.05) is 13.6 Å². The Hall–Kier alpha value is -1.49. The summed E-state index contributed by atoms with van der Waals surface area (Å²) in [4.78, 5) is 22.5. The van der Waals surface area contributed by atoms with Gasteiger partial charge in [-0.05, 0) is 18.2 Å². The third-order valence-corrected chi connectivity index (χ3v) is 2.88. The van der Waals surface area contributed by atoms with Gasteiger partial charge in [-0.15, -0.1) is 0 Å². The molecule has 94 valence electrons. The van der Waals surface area contributed by atoms with Gasteiger partial charge in [0.15, 0.2) is 0 Å². The Balaban J connectivity index is 2.28. The Morgan fingerprint density at radius 3 is 2.67 bits per heavy atom. The summed E-state index contributed by atoms with van der Waals surface area (Å²) in [6, 6.07) is 5.38. The maximum absolute atomic E-state index is 12.2. The first-order valence-corrected chi connectivity index (χ1v) is 6.60. The predicted octanol–water partition coefficient (Wildman–Crippen LogP) is 2.49. The van der Waals surface area contributed by atoms with Crippen LogP contribution in [0.15, 0.2) is 30.6 Å².